The lowest BCUT2D eigenvalue weighted by molar-refractivity contribution is -0.117. The third-order valence-electron chi connectivity index (χ3n) is 2.07. The molecule has 1 unspecified atom stereocenters. The first-order valence-electron chi connectivity index (χ1n) is 3.83. The molecule has 0 saturated carbocycles. The van der Waals surface area contributed by atoms with Crippen molar-refractivity contribution in [3.63, 3.8) is 0 Å². The molecule has 0 aliphatic carbocycles. The average molecular weight is 158 g/mol. The minimum atomic E-state index is -1.04. The van der Waals surface area contributed by atoms with Crippen LogP contribution in [0.1, 0.15) is 20.3 Å². The maximum atomic E-state index is 10.7. The molecule has 0 aromatic heterocycles. The molecule has 0 N–H and O–H groups in total. The molecule has 0 radical (unpaired) electrons. The van der Waals surface area contributed by atoms with E-state index in [-0.39, 0.29) is 0 Å². The fourth-order valence-corrected chi connectivity index (χ4v) is 1.64. The molecular weight excluding hydrogens is 140 g/mol. The first-order valence-corrected chi connectivity index (χ1v) is 7.41. The van der Waals surface area contributed by atoms with Crippen molar-refractivity contribution >= 4 is 13.9 Å². The van der Waals surface area contributed by atoms with E-state index in [4.69, 9.17) is 0 Å². The fourth-order valence-electron chi connectivity index (χ4n) is 0.737. The summed E-state index contributed by atoms with van der Waals surface area (Å²) in [5.41, 5.74) is 0.630. The zero-order valence-electron chi connectivity index (χ0n) is 7.69. The molecular formula is C8H18OSi. The van der Waals surface area contributed by atoms with Gasteiger partial charge in [0.1, 0.15) is 5.78 Å². The predicted octanol–water partition coefficient (Wildman–Crippen LogP) is 2.69. The van der Waals surface area contributed by atoms with E-state index in [1.54, 1.807) is 6.92 Å². The number of ketones is 1. The summed E-state index contributed by atoms with van der Waals surface area (Å²) in [4.78, 5) is 10.7. The molecule has 0 saturated heterocycles. The van der Waals surface area contributed by atoms with Crippen LogP contribution in [0.25, 0.3) is 0 Å². The summed E-state index contributed by atoms with van der Waals surface area (Å²) in [6.07, 6.45) is 0.774. The highest BCUT2D eigenvalue weighted by Gasteiger charge is 2.22. The Morgan fingerprint density at radius 2 is 1.80 bits per heavy atom. The van der Waals surface area contributed by atoms with Crippen LogP contribution in [0.15, 0.2) is 0 Å². The van der Waals surface area contributed by atoms with Crippen molar-refractivity contribution in [2.45, 2.75) is 45.5 Å². The molecule has 10 heavy (non-hydrogen) atoms. The third-order valence-corrected chi connectivity index (χ3v) is 5.23. The molecule has 0 fully saturated rings. The van der Waals surface area contributed by atoms with Crippen LogP contribution in [-0.2, 0) is 4.79 Å². The van der Waals surface area contributed by atoms with Crippen molar-refractivity contribution in [2.24, 2.45) is 0 Å². The van der Waals surface area contributed by atoms with E-state index < -0.39 is 8.07 Å². The Kier molecular flexibility index (Phi) is 3.29. The summed E-state index contributed by atoms with van der Waals surface area (Å²) < 4.78 is 0. The van der Waals surface area contributed by atoms with Crippen LogP contribution < -0.4 is 0 Å². The van der Waals surface area contributed by atoms with Gasteiger partial charge < -0.3 is 4.79 Å². The Labute approximate surface area is 64.8 Å². The summed E-state index contributed by atoms with van der Waals surface area (Å²) in [6, 6.07) is 0. The van der Waals surface area contributed by atoms with E-state index >= 15 is 0 Å². The van der Waals surface area contributed by atoms with E-state index in [9.17, 15) is 4.79 Å². The Balaban J connectivity index is 3.85. The van der Waals surface area contributed by atoms with Crippen molar-refractivity contribution in [1.29, 1.82) is 0 Å². The molecule has 0 bridgehead atoms. The van der Waals surface area contributed by atoms with Crippen molar-refractivity contribution < 1.29 is 4.79 Å². The predicted molar refractivity (Wildman–Crippen MR) is 48.1 cm³/mol. The van der Waals surface area contributed by atoms with Gasteiger partial charge in [-0.1, -0.05) is 26.6 Å². The molecule has 0 aromatic carbocycles. The van der Waals surface area contributed by atoms with Crippen LogP contribution in [0.2, 0.25) is 25.2 Å². The Morgan fingerprint density at radius 3 is 1.90 bits per heavy atom. The van der Waals surface area contributed by atoms with Crippen LogP contribution >= 0.6 is 0 Å². The highest BCUT2D eigenvalue weighted by Crippen LogP contribution is 2.24. The SMILES string of the molecule is CC(=O)CC(C)[Si](C)(C)C. The number of Topliss-reactive ketones (excluding diaryl/α,β-unsaturated/α-hetero) is 1. The quantitative estimate of drug-likeness (QED) is 0.577. The number of hydrogen-bond acceptors (Lipinski definition) is 1. The molecule has 0 amide bonds. The number of rotatable bonds is 3. The van der Waals surface area contributed by atoms with Crippen molar-refractivity contribution in [3.05, 3.63) is 0 Å². The topological polar surface area (TPSA) is 17.1 Å². The van der Waals surface area contributed by atoms with E-state index in [1.807, 2.05) is 0 Å². The number of carbonyl (C=O) groups is 1. The molecule has 0 aliphatic heterocycles. The van der Waals surface area contributed by atoms with E-state index in [1.165, 1.54) is 0 Å². The normalized spacial score (nSPS) is 14.9. The van der Waals surface area contributed by atoms with Gasteiger partial charge in [0.25, 0.3) is 0 Å². The monoisotopic (exact) mass is 158 g/mol. The Bertz CT molecular complexity index is 124. The van der Waals surface area contributed by atoms with Gasteiger partial charge in [0.05, 0.1) is 0 Å². The van der Waals surface area contributed by atoms with Gasteiger partial charge in [-0.25, -0.2) is 0 Å². The molecule has 60 valence electrons. The van der Waals surface area contributed by atoms with Crippen LogP contribution in [0.5, 0.6) is 0 Å². The van der Waals surface area contributed by atoms with Gasteiger partial charge >= 0.3 is 0 Å². The van der Waals surface area contributed by atoms with Gasteiger partial charge in [-0.15, -0.1) is 0 Å². The maximum Gasteiger partial charge on any atom is 0.129 e. The van der Waals surface area contributed by atoms with Gasteiger partial charge in [0, 0.05) is 14.5 Å². The van der Waals surface area contributed by atoms with Gasteiger partial charge in [0.15, 0.2) is 0 Å². The molecule has 0 rings (SSSR count). The first kappa shape index (κ1) is 9.89. The van der Waals surface area contributed by atoms with Crippen molar-refractivity contribution in [3.8, 4) is 0 Å². The first-order chi connectivity index (χ1) is 4.34. The Hall–Kier alpha value is -0.113. The van der Waals surface area contributed by atoms with Gasteiger partial charge in [-0.2, -0.15) is 0 Å². The Morgan fingerprint density at radius 1 is 1.40 bits per heavy atom. The minimum Gasteiger partial charge on any atom is -0.300 e. The van der Waals surface area contributed by atoms with Crippen LogP contribution in [0.3, 0.4) is 0 Å². The third kappa shape index (κ3) is 3.83. The average Bonchev–Trinajstić information content (AvgIpc) is 1.60. The zero-order chi connectivity index (χ0) is 8.36. The molecule has 1 atom stereocenters. The van der Waals surface area contributed by atoms with Crippen molar-refractivity contribution in [1.82, 2.24) is 0 Å². The largest absolute Gasteiger partial charge is 0.300 e. The summed E-state index contributed by atoms with van der Waals surface area (Å²) in [6.45, 7) is 10.8. The van der Waals surface area contributed by atoms with Gasteiger partial charge in [0.2, 0.25) is 0 Å². The minimum absolute atomic E-state index is 0.329. The second kappa shape index (κ2) is 3.33. The molecule has 0 aromatic rings. The van der Waals surface area contributed by atoms with Crippen LogP contribution in [-0.4, -0.2) is 13.9 Å². The van der Waals surface area contributed by atoms with Crippen molar-refractivity contribution in [2.75, 3.05) is 0 Å². The lowest BCUT2D eigenvalue weighted by atomic mass is 10.2. The lowest BCUT2D eigenvalue weighted by Gasteiger charge is -2.23. The van der Waals surface area contributed by atoms with E-state index in [2.05, 4.69) is 26.6 Å². The van der Waals surface area contributed by atoms with E-state index in [0.29, 0.717) is 11.3 Å². The summed E-state index contributed by atoms with van der Waals surface area (Å²) in [7, 11) is -1.04. The number of carbonyl (C=O) groups excluding carboxylic acids is 1. The molecule has 1 nitrogen and oxygen atoms in total. The highest BCUT2D eigenvalue weighted by atomic mass is 28.3. The highest BCUT2D eigenvalue weighted by molar-refractivity contribution is 6.77. The summed E-state index contributed by atoms with van der Waals surface area (Å²) >= 11 is 0. The maximum absolute atomic E-state index is 10.7. The zero-order valence-corrected chi connectivity index (χ0v) is 8.69. The van der Waals surface area contributed by atoms with E-state index in [0.717, 1.165) is 6.42 Å². The van der Waals surface area contributed by atoms with Crippen LogP contribution in [0, 0.1) is 0 Å². The molecule has 0 heterocycles. The molecule has 0 spiro atoms. The second-order valence-corrected chi connectivity index (χ2v) is 9.89. The van der Waals surface area contributed by atoms with Gasteiger partial charge in [-0.05, 0) is 12.5 Å². The van der Waals surface area contributed by atoms with Crippen LogP contribution in [0.4, 0.5) is 0 Å². The summed E-state index contributed by atoms with van der Waals surface area (Å²) in [5.74, 6) is 0.329. The fraction of sp³-hybridized carbons (Fsp3) is 0.875. The smallest absolute Gasteiger partial charge is 0.129 e. The lowest BCUT2D eigenvalue weighted by Crippen LogP contribution is -2.27. The number of hydrogen-bond donors (Lipinski definition) is 0. The molecule has 2 heteroatoms. The van der Waals surface area contributed by atoms with Gasteiger partial charge in [-0.3, -0.25) is 0 Å². The standard InChI is InChI=1S/C8H18OSi/c1-7(9)6-8(2)10(3,4)5/h8H,6H2,1-5H3. The summed E-state index contributed by atoms with van der Waals surface area (Å²) in [5, 5.41) is 0. The molecule has 0 aliphatic rings. The second-order valence-electron chi connectivity index (χ2n) is 4.17.